The number of carbonyl (C=O) groups is 1. The summed E-state index contributed by atoms with van der Waals surface area (Å²) in [4.78, 5) is 11.3. The van der Waals surface area contributed by atoms with Gasteiger partial charge in [0, 0.05) is 23.2 Å². The summed E-state index contributed by atoms with van der Waals surface area (Å²) in [5.74, 6) is -0.0795. The first-order valence-corrected chi connectivity index (χ1v) is 6.77. The Morgan fingerprint density at radius 2 is 2.30 bits per heavy atom. The maximum atomic E-state index is 11.3. The molecule has 0 aliphatic carbocycles. The Morgan fingerprint density at radius 3 is 3.05 bits per heavy atom. The quantitative estimate of drug-likeness (QED) is 0.945. The smallest absolute Gasteiger partial charge is 0.352 e. The molecule has 2 aromatic rings. The molecule has 0 saturated heterocycles. The van der Waals surface area contributed by atoms with Gasteiger partial charge in [-0.3, -0.25) is 0 Å². The van der Waals surface area contributed by atoms with Crippen LogP contribution in [0.5, 0.6) is 5.75 Å². The van der Waals surface area contributed by atoms with Crippen molar-refractivity contribution in [1.29, 1.82) is 0 Å². The van der Waals surface area contributed by atoms with E-state index in [1.54, 1.807) is 23.8 Å². The lowest BCUT2D eigenvalue weighted by Crippen LogP contribution is -2.10. The lowest BCUT2D eigenvalue weighted by atomic mass is 10.1. The molecule has 5 heteroatoms. The van der Waals surface area contributed by atoms with Crippen molar-refractivity contribution >= 4 is 17.6 Å². The molecule has 0 radical (unpaired) electrons. The van der Waals surface area contributed by atoms with E-state index in [2.05, 4.69) is 0 Å². The highest BCUT2D eigenvalue weighted by atomic mass is 35.5. The lowest BCUT2D eigenvalue weighted by molar-refractivity contribution is 0.0685. The molecule has 1 N–H and O–H groups in total. The number of carboxylic acid groups (broad SMARTS) is 1. The molecule has 1 aromatic carbocycles. The summed E-state index contributed by atoms with van der Waals surface area (Å²) in [6, 6.07) is 5.55. The van der Waals surface area contributed by atoms with E-state index in [0.717, 1.165) is 28.9 Å². The molecule has 0 amide bonds. The average Bonchev–Trinajstić information content (AvgIpc) is 2.95. The van der Waals surface area contributed by atoms with Gasteiger partial charge in [-0.2, -0.15) is 0 Å². The van der Waals surface area contributed by atoms with Crippen molar-refractivity contribution in [3.63, 3.8) is 0 Å². The standard InChI is InChI=1S/C15H14ClNO3/c1-9-2-4-17(13(9)15(18)19)8-11-7-12(16)6-10-3-5-20-14(10)11/h2,4,6-7H,3,5,8H2,1H3,(H,18,19). The summed E-state index contributed by atoms with van der Waals surface area (Å²) in [5.41, 5.74) is 3.06. The molecule has 104 valence electrons. The van der Waals surface area contributed by atoms with Gasteiger partial charge in [0.1, 0.15) is 11.4 Å². The van der Waals surface area contributed by atoms with E-state index in [1.165, 1.54) is 0 Å². The van der Waals surface area contributed by atoms with Crippen LogP contribution in [0.25, 0.3) is 0 Å². The molecule has 4 nitrogen and oxygen atoms in total. The number of rotatable bonds is 3. The molecule has 0 spiro atoms. The van der Waals surface area contributed by atoms with Gasteiger partial charge in [-0.05, 0) is 36.2 Å². The SMILES string of the molecule is Cc1ccn(Cc2cc(Cl)cc3c2OCC3)c1C(=O)O. The summed E-state index contributed by atoms with van der Waals surface area (Å²) in [5, 5.41) is 9.94. The fraction of sp³-hybridized carbons (Fsp3) is 0.267. The predicted octanol–water partition coefficient (Wildman–Crippen LogP) is 3.13. The van der Waals surface area contributed by atoms with Crippen LogP contribution in [-0.2, 0) is 13.0 Å². The fourth-order valence-electron chi connectivity index (χ4n) is 2.65. The number of aromatic nitrogens is 1. The van der Waals surface area contributed by atoms with Crippen molar-refractivity contribution in [2.75, 3.05) is 6.61 Å². The maximum Gasteiger partial charge on any atom is 0.352 e. The van der Waals surface area contributed by atoms with Crippen LogP contribution in [0.4, 0.5) is 0 Å². The molecule has 1 aliphatic heterocycles. The van der Waals surface area contributed by atoms with E-state index in [-0.39, 0.29) is 0 Å². The third-order valence-corrected chi connectivity index (χ3v) is 3.75. The molecule has 1 aliphatic rings. The minimum Gasteiger partial charge on any atom is -0.493 e. The Hall–Kier alpha value is -1.94. The number of fused-ring (bicyclic) bond motifs is 1. The van der Waals surface area contributed by atoms with Crippen LogP contribution in [-0.4, -0.2) is 22.2 Å². The van der Waals surface area contributed by atoms with E-state index in [1.807, 2.05) is 12.1 Å². The molecule has 0 bridgehead atoms. The molecule has 2 heterocycles. The van der Waals surface area contributed by atoms with Gasteiger partial charge < -0.3 is 14.4 Å². The van der Waals surface area contributed by atoms with Crippen molar-refractivity contribution in [3.8, 4) is 5.75 Å². The van der Waals surface area contributed by atoms with Crippen molar-refractivity contribution < 1.29 is 14.6 Å². The summed E-state index contributed by atoms with van der Waals surface area (Å²) < 4.78 is 7.36. The van der Waals surface area contributed by atoms with Gasteiger partial charge in [-0.25, -0.2) is 4.79 Å². The number of carboxylic acids is 1. The molecule has 0 atom stereocenters. The fourth-order valence-corrected chi connectivity index (χ4v) is 2.92. The summed E-state index contributed by atoms with van der Waals surface area (Å²) in [6.07, 6.45) is 2.63. The van der Waals surface area contributed by atoms with E-state index in [0.29, 0.717) is 23.9 Å². The molecule has 0 unspecified atom stereocenters. The van der Waals surface area contributed by atoms with Gasteiger partial charge in [0.15, 0.2) is 0 Å². The van der Waals surface area contributed by atoms with Crippen molar-refractivity contribution in [1.82, 2.24) is 4.57 Å². The van der Waals surface area contributed by atoms with Gasteiger partial charge in [-0.15, -0.1) is 0 Å². The minimum absolute atomic E-state index is 0.303. The monoisotopic (exact) mass is 291 g/mol. The number of ether oxygens (including phenoxy) is 1. The second-order valence-electron chi connectivity index (χ2n) is 4.93. The van der Waals surface area contributed by atoms with E-state index in [4.69, 9.17) is 16.3 Å². The van der Waals surface area contributed by atoms with Crippen molar-refractivity contribution in [2.45, 2.75) is 19.9 Å². The van der Waals surface area contributed by atoms with E-state index < -0.39 is 5.97 Å². The Labute approximate surface area is 121 Å². The van der Waals surface area contributed by atoms with Gasteiger partial charge in [0.05, 0.1) is 13.2 Å². The summed E-state index contributed by atoms with van der Waals surface area (Å²) >= 11 is 6.12. The Morgan fingerprint density at radius 1 is 1.50 bits per heavy atom. The number of nitrogens with zero attached hydrogens (tertiary/aromatic N) is 1. The molecule has 0 saturated carbocycles. The minimum atomic E-state index is -0.924. The maximum absolute atomic E-state index is 11.3. The van der Waals surface area contributed by atoms with Crippen LogP contribution in [0.15, 0.2) is 24.4 Å². The molecular formula is C15H14ClNO3. The van der Waals surface area contributed by atoms with Crippen LogP contribution in [0.3, 0.4) is 0 Å². The zero-order valence-corrected chi connectivity index (χ0v) is 11.8. The van der Waals surface area contributed by atoms with Crippen LogP contribution < -0.4 is 4.74 Å². The van der Waals surface area contributed by atoms with Crippen LogP contribution >= 0.6 is 11.6 Å². The summed E-state index contributed by atoms with van der Waals surface area (Å²) in [6.45, 7) is 2.89. The van der Waals surface area contributed by atoms with Crippen molar-refractivity contribution in [3.05, 3.63) is 51.8 Å². The average molecular weight is 292 g/mol. The lowest BCUT2D eigenvalue weighted by Gasteiger charge is -2.12. The van der Waals surface area contributed by atoms with Gasteiger partial charge in [0.2, 0.25) is 0 Å². The molecule has 20 heavy (non-hydrogen) atoms. The van der Waals surface area contributed by atoms with Gasteiger partial charge in [0.25, 0.3) is 0 Å². The normalized spacial score (nSPS) is 13.1. The van der Waals surface area contributed by atoms with Gasteiger partial charge >= 0.3 is 5.97 Å². The third-order valence-electron chi connectivity index (χ3n) is 3.53. The van der Waals surface area contributed by atoms with E-state index in [9.17, 15) is 9.90 Å². The number of hydrogen-bond acceptors (Lipinski definition) is 2. The number of aryl methyl sites for hydroxylation is 1. The Kier molecular flexibility index (Phi) is 3.18. The number of benzene rings is 1. The Bertz CT molecular complexity index is 691. The summed E-state index contributed by atoms with van der Waals surface area (Å²) in [7, 11) is 0. The third kappa shape index (κ3) is 2.16. The molecule has 1 aromatic heterocycles. The van der Waals surface area contributed by atoms with Crippen LogP contribution in [0.1, 0.15) is 27.2 Å². The van der Waals surface area contributed by atoms with E-state index >= 15 is 0 Å². The first kappa shape index (κ1) is 13.1. The zero-order valence-electron chi connectivity index (χ0n) is 11.0. The van der Waals surface area contributed by atoms with Gasteiger partial charge in [-0.1, -0.05) is 11.6 Å². The second kappa shape index (κ2) is 4.87. The number of halogens is 1. The topological polar surface area (TPSA) is 51.5 Å². The predicted molar refractivity (Wildman–Crippen MR) is 75.9 cm³/mol. The highest BCUT2D eigenvalue weighted by Gasteiger charge is 2.20. The largest absolute Gasteiger partial charge is 0.493 e. The van der Waals surface area contributed by atoms with Crippen molar-refractivity contribution in [2.24, 2.45) is 0 Å². The highest BCUT2D eigenvalue weighted by Crippen LogP contribution is 2.33. The number of hydrogen-bond donors (Lipinski definition) is 1. The highest BCUT2D eigenvalue weighted by molar-refractivity contribution is 6.30. The first-order chi connectivity index (χ1) is 9.56. The first-order valence-electron chi connectivity index (χ1n) is 6.39. The van der Waals surface area contributed by atoms with Crippen LogP contribution in [0, 0.1) is 6.92 Å². The number of aromatic carboxylic acids is 1. The molecule has 3 rings (SSSR count). The van der Waals surface area contributed by atoms with Crippen LogP contribution in [0.2, 0.25) is 5.02 Å². The Balaban J connectivity index is 2.03. The zero-order chi connectivity index (χ0) is 14.3. The molecular weight excluding hydrogens is 278 g/mol. The molecule has 0 fully saturated rings. The second-order valence-corrected chi connectivity index (χ2v) is 5.37.